The fourth-order valence-electron chi connectivity index (χ4n) is 2.09. The zero-order valence-electron chi connectivity index (χ0n) is 8.67. The molecule has 15 heavy (non-hydrogen) atoms. The van der Waals surface area contributed by atoms with Crippen molar-refractivity contribution in [2.75, 3.05) is 19.6 Å². The molecule has 1 aliphatic heterocycles. The monoisotopic (exact) mass is 206 g/mol. The summed E-state index contributed by atoms with van der Waals surface area (Å²) < 4.78 is 1.80. The van der Waals surface area contributed by atoms with Crippen LogP contribution >= 0.6 is 0 Å². The highest BCUT2D eigenvalue weighted by atomic mass is 15.2. The van der Waals surface area contributed by atoms with Crippen molar-refractivity contribution in [3.63, 3.8) is 0 Å². The molecule has 1 aliphatic rings. The Balaban J connectivity index is 2.10. The van der Waals surface area contributed by atoms with E-state index in [1.165, 1.54) is 5.56 Å². The number of hydrogen-bond donors (Lipinski definition) is 1. The van der Waals surface area contributed by atoms with Gasteiger partial charge in [-0.1, -0.05) is 5.11 Å². The van der Waals surface area contributed by atoms with Gasteiger partial charge in [0.1, 0.15) is 0 Å². The number of nitrogens with zero attached hydrogens (tertiary/aromatic N) is 5. The minimum absolute atomic E-state index is 0.394. The Kier molecular flexibility index (Phi) is 2.89. The summed E-state index contributed by atoms with van der Waals surface area (Å²) in [7, 11) is 1.91. The van der Waals surface area contributed by atoms with Gasteiger partial charge in [-0.25, -0.2) is 0 Å². The van der Waals surface area contributed by atoms with Gasteiger partial charge in [0.05, 0.1) is 6.20 Å². The quantitative estimate of drug-likeness (QED) is 0.455. The van der Waals surface area contributed by atoms with Gasteiger partial charge in [0.15, 0.2) is 0 Å². The van der Waals surface area contributed by atoms with E-state index in [0.29, 0.717) is 18.4 Å². The second kappa shape index (κ2) is 4.33. The molecule has 1 aromatic rings. The summed E-state index contributed by atoms with van der Waals surface area (Å²) in [5, 5.41) is 11.1. The van der Waals surface area contributed by atoms with Crippen LogP contribution in [-0.4, -0.2) is 29.4 Å². The van der Waals surface area contributed by atoms with Gasteiger partial charge in [-0.2, -0.15) is 5.10 Å². The van der Waals surface area contributed by atoms with Crippen molar-refractivity contribution < 1.29 is 0 Å². The minimum atomic E-state index is 0.394. The van der Waals surface area contributed by atoms with E-state index in [1.54, 1.807) is 4.68 Å². The maximum absolute atomic E-state index is 8.31. The molecule has 1 saturated heterocycles. The highest BCUT2D eigenvalue weighted by Gasteiger charge is 2.28. The largest absolute Gasteiger partial charge is 0.316 e. The molecule has 0 saturated carbocycles. The Morgan fingerprint density at radius 3 is 3.27 bits per heavy atom. The van der Waals surface area contributed by atoms with Crippen molar-refractivity contribution in [1.82, 2.24) is 15.1 Å². The molecule has 1 fully saturated rings. The lowest BCUT2D eigenvalue weighted by Crippen LogP contribution is -2.13. The number of aryl methyl sites for hydroxylation is 1. The Hall–Kier alpha value is -1.52. The third-order valence-electron chi connectivity index (χ3n) is 2.87. The van der Waals surface area contributed by atoms with Crippen LogP contribution in [0.1, 0.15) is 11.5 Å². The van der Waals surface area contributed by atoms with Gasteiger partial charge in [0.2, 0.25) is 0 Å². The highest BCUT2D eigenvalue weighted by molar-refractivity contribution is 5.15. The molecule has 0 aromatic carbocycles. The summed E-state index contributed by atoms with van der Waals surface area (Å²) >= 11 is 0. The molecule has 0 spiro atoms. The molecule has 2 unspecified atom stereocenters. The second-order valence-corrected chi connectivity index (χ2v) is 3.89. The Bertz CT molecular complexity index is 378. The van der Waals surface area contributed by atoms with Gasteiger partial charge in [0.25, 0.3) is 0 Å². The lowest BCUT2D eigenvalue weighted by molar-refractivity contribution is 0.529. The second-order valence-electron chi connectivity index (χ2n) is 3.89. The first-order valence-corrected chi connectivity index (χ1v) is 5.01. The molecule has 2 atom stereocenters. The number of rotatable bonds is 3. The molecule has 0 aliphatic carbocycles. The summed E-state index contributed by atoms with van der Waals surface area (Å²) in [6.07, 6.45) is 3.92. The normalized spacial score (nSPS) is 25.1. The molecule has 0 radical (unpaired) electrons. The Labute approximate surface area is 87.9 Å². The number of nitrogens with one attached hydrogen (secondary N) is 1. The molecule has 0 amide bonds. The average molecular weight is 206 g/mol. The molecule has 6 heteroatoms. The van der Waals surface area contributed by atoms with Crippen molar-refractivity contribution in [3.8, 4) is 0 Å². The van der Waals surface area contributed by atoms with Crippen LogP contribution in [0.25, 0.3) is 10.4 Å². The summed E-state index contributed by atoms with van der Waals surface area (Å²) in [6, 6.07) is 0. The van der Waals surface area contributed by atoms with Gasteiger partial charge < -0.3 is 5.32 Å². The molecule has 0 bridgehead atoms. The van der Waals surface area contributed by atoms with Crippen LogP contribution in [0.4, 0.5) is 0 Å². The van der Waals surface area contributed by atoms with Crippen LogP contribution in [0.2, 0.25) is 0 Å². The summed E-state index contributed by atoms with van der Waals surface area (Å²) in [6.45, 7) is 2.42. The maximum atomic E-state index is 8.31. The fourth-order valence-corrected chi connectivity index (χ4v) is 2.09. The average Bonchev–Trinajstić information content (AvgIpc) is 2.82. The molecule has 2 rings (SSSR count). The fraction of sp³-hybridized carbons (Fsp3) is 0.667. The highest BCUT2D eigenvalue weighted by Crippen LogP contribution is 2.27. The number of hydrogen-bond acceptors (Lipinski definition) is 3. The van der Waals surface area contributed by atoms with Crippen molar-refractivity contribution in [2.24, 2.45) is 18.1 Å². The van der Waals surface area contributed by atoms with Crippen molar-refractivity contribution >= 4 is 0 Å². The van der Waals surface area contributed by atoms with E-state index in [2.05, 4.69) is 20.4 Å². The van der Waals surface area contributed by atoms with Crippen molar-refractivity contribution in [1.29, 1.82) is 0 Å². The minimum Gasteiger partial charge on any atom is -0.316 e. The first-order chi connectivity index (χ1) is 7.31. The van der Waals surface area contributed by atoms with Gasteiger partial charge in [-0.15, -0.1) is 0 Å². The zero-order chi connectivity index (χ0) is 10.7. The molecule has 80 valence electrons. The van der Waals surface area contributed by atoms with Crippen LogP contribution < -0.4 is 5.32 Å². The summed E-state index contributed by atoms with van der Waals surface area (Å²) in [4.78, 5) is 2.81. The Morgan fingerprint density at radius 1 is 1.73 bits per heavy atom. The third kappa shape index (κ3) is 2.11. The standard InChI is InChI=1S/C9H14N6/c1-15-6-8(4-13-15)9-5-11-2-7(9)3-12-14-10/h4,6-7,9,11H,2-3,5H2,1H3. The lowest BCUT2D eigenvalue weighted by atomic mass is 9.91. The van der Waals surface area contributed by atoms with E-state index < -0.39 is 0 Å². The Morgan fingerprint density at radius 2 is 2.60 bits per heavy atom. The predicted octanol–water partition coefficient (Wildman–Crippen LogP) is 1.03. The lowest BCUT2D eigenvalue weighted by Gasteiger charge is -2.14. The van der Waals surface area contributed by atoms with Gasteiger partial charge in [-0.05, 0) is 23.6 Å². The van der Waals surface area contributed by atoms with Crippen LogP contribution in [0, 0.1) is 5.92 Å². The topological polar surface area (TPSA) is 78.6 Å². The van der Waals surface area contributed by atoms with E-state index in [1.807, 2.05) is 19.4 Å². The van der Waals surface area contributed by atoms with Gasteiger partial charge in [0, 0.05) is 37.2 Å². The molecule has 1 aromatic heterocycles. The van der Waals surface area contributed by atoms with E-state index in [-0.39, 0.29) is 0 Å². The van der Waals surface area contributed by atoms with Crippen LogP contribution in [0.15, 0.2) is 17.5 Å². The van der Waals surface area contributed by atoms with Crippen molar-refractivity contribution in [3.05, 3.63) is 28.4 Å². The van der Waals surface area contributed by atoms with Gasteiger partial charge >= 0.3 is 0 Å². The number of azide groups is 1. The first-order valence-electron chi connectivity index (χ1n) is 5.01. The van der Waals surface area contributed by atoms with E-state index in [0.717, 1.165) is 13.1 Å². The van der Waals surface area contributed by atoms with Gasteiger partial charge in [-0.3, -0.25) is 4.68 Å². The van der Waals surface area contributed by atoms with E-state index >= 15 is 0 Å². The zero-order valence-corrected chi connectivity index (χ0v) is 8.67. The predicted molar refractivity (Wildman–Crippen MR) is 56.3 cm³/mol. The number of aromatic nitrogens is 2. The van der Waals surface area contributed by atoms with Crippen molar-refractivity contribution in [2.45, 2.75) is 5.92 Å². The molecular weight excluding hydrogens is 192 g/mol. The molecule has 1 N–H and O–H groups in total. The smallest absolute Gasteiger partial charge is 0.0525 e. The van der Waals surface area contributed by atoms with Crippen LogP contribution in [0.5, 0.6) is 0 Å². The maximum Gasteiger partial charge on any atom is 0.0525 e. The SMILES string of the molecule is Cn1cc(C2CNCC2CN=[N+]=[N-])cn1. The molecular formula is C9H14N6. The summed E-state index contributed by atoms with van der Waals surface area (Å²) in [5.41, 5.74) is 9.53. The third-order valence-corrected chi connectivity index (χ3v) is 2.87. The first kappa shape index (κ1) is 10.0. The molecule has 6 nitrogen and oxygen atoms in total. The molecule has 2 heterocycles. The summed E-state index contributed by atoms with van der Waals surface area (Å²) in [5.74, 6) is 0.814. The van der Waals surface area contributed by atoms with Crippen LogP contribution in [0.3, 0.4) is 0 Å². The van der Waals surface area contributed by atoms with E-state index in [9.17, 15) is 0 Å². The van der Waals surface area contributed by atoms with Crippen LogP contribution in [-0.2, 0) is 7.05 Å². The van der Waals surface area contributed by atoms with E-state index in [4.69, 9.17) is 5.53 Å².